The van der Waals surface area contributed by atoms with Gasteiger partial charge < -0.3 is 20.4 Å². The number of hydrogen-bond donors (Lipinski definition) is 2. The number of nitrogens with zero attached hydrogens (tertiary/aromatic N) is 2. The fraction of sp³-hybridized carbons (Fsp3) is 0.944. The zero-order chi connectivity index (χ0) is 16.2. The van der Waals surface area contributed by atoms with E-state index in [0.717, 1.165) is 51.6 Å². The van der Waals surface area contributed by atoms with E-state index in [-0.39, 0.29) is 11.9 Å². The minimum absolute atomic E-state index is 0.0546. The van der Waals surface area contributed by atoms with Gasteiger partial charge in [0.05, 0.1) is 6.04 Å². The van der Waals surface area contributed by atoms with E-state index in [9.17, 15) is 4.79 Å². The zero-order valence-electron chi connectivity index (χ0n) is 14.9. The van der Waals surface area contributed by atoms with Crippen molar-refractivity contribution in [3.63, 3.8) is 0 Å². The van der Waals surface area contributed by atoms with Crippen LogP contribution in [0.1, 0.15) is 39.0 Å². The third-order valence-electron chi connectivity index (χ3n) is 5.97. The van der Waals surface area contributed by atoms with Crippen LogP contribution in [0.4, 0.5) is 0 Å². The summed E-state index contributed by atoms with van der Waals surface area (Å²) < 4.78 is 0. The standard InChI is InChI=1S/C18H34N4O/c1-14(13-22-9-7-21(2)8-10-22)12-19-18(23)17-11-15-5-3-4-6-16(15)20-17/h14-17,20H,3-13H2,1-2H3,(H,19,23). The van der Waals surface area contributed by atoms with Crippen molar-refractivity contribution in [1.82, 2.24) is 20.4 Å². The van der Waals surface area contributed by atoms with Gasteiger partial charge in [-0.2, -0.15) is 0 Å². The van der Waals surface area contributed by atoms with E-state index in [0.29, 0.717) is 12.0 Å². The smallest absolute Gasteiger partial charge is 0.237 e. The van der Waals surface area contributed by atoms with Crippen LogP contribution in [-0.4, -0.2) is 74.1 Å². The molecule has 2 aliphatic heterocycles. The lowest BCUT2D eigenvalue weighted by Crippen LogP contribution is -2.48. The average molecular weight is 322 g/mol. The summed E-state index contributed by atoms with van der Waals surface area (Å²) in [6.45, 7) is 8.78. The molecule has 132 valence electrons. The molecule has 1 saturated carbocycles. The summed E-state index contributed by atoms with van der Waals surface area (Å²) in [4.78, 5) is 17.3. The third-order valence-corrected chi connectivity index (χ3v) is 5.97. The average Bonchev–Trinajstić information content (AvgIpc) is 2.99. The highest BCUT2D eigenvalue weighted by Gasteiger charge is 2.38. The maximum absolute atomic E-state index is 12.4. The molecule has 0 bridgehead atoms. The number of piperazine rings is 1. The first-order chi connectivity index (χ1) is 11.1. The Bertz CT molecular complexity index is 380. The van der Waals surface area contributed by atoms with Crippen molar-refractivity contribution in [1.29, 1.82) is 0 Å². The molecule has 3 aliphatic rings. The molecule has 0 aromatic rings. The predicted octanol–water partition coefficient (Wildman–Crippen LogP) is 0.907. The first kappa shape index (κ1) is 17.2. The summed E-state index contributed by atoms with van der Waals surface area (Å²) >= 11 is 0. The van der Waals surface area contributed by atoms with Crippen LogP contribution in [0, 0.1) is 11.8 Å². The van der Waals surface area contributed by atoms with Crippen molar-refractivity contribution in [3.05, 3.63) is 0 Å². The number of amides is 1. The lowest BCUT2D eigenvalue weighted by Gasteiger charge is -2.34. The van der Waals surface area contributed by atoms with Crippen LogP contribution in [-0.2, 0) is 4.79 Å². The van der Waals surface area contributed by atoms with Crippen molar-refractivity contribution < 1.29 is 4.79 Å². The Morgan fingerprint density at radius 3 is 2.70 bits per heavy atom. The van der Waals surface area contributed by atoms with Gasteiger partial charge in [0.15, 0.2) is 0 Å². The molecule has 23 heavy (non-hydrogen) atoms. The van der Waals surface area contributed by atoms with Gasteiger partial charge in [-0.1, -0.05) is 19.8 Å². The molecule has 4 unspecified atom stereocenters. The van der Waals surface area contributed by atoms with Crippen molar-refractivity contribution in [2.24, 2.45) is 11.8 Å². The fourth-order valence-electron chi connectivity index (χ4n) is 4.45. The van der Waals surface area contributed by atoms with Crippen LogP contribution in [0.2, 0.25) is 0 Å². The van der Waals surface area contributed by atoms with Gasteiger partial charge in [0.25, 0.3) is 0 Å². The first-order valence-electron chi connectivity index (χ1n) is 9.56. The third kappa shape index (κ3) is 4.68. The maximum atomic E-state index is 12.4. The van der Waals surface area contributed by atoms with Gasteiger partial charge in [-0.25, -0.2) is 0 Å². The number of likely N-dealkylation sites (N-methyl/N-ethyl adjacent to an activating group) is 1. The number of hydrogen-bond acceptors (Lipinski definition) is 4. The quantitative estimate of drug-likeness (QED) is 0.790. The zero-order valence-corrected chi connectivity index (χ0v) is 14.9. The number of fused-ring (bicyclic) bond motifs is 1. The molecule has 0 spiro atoms. The van der Waals surface area contributed by atoms with E-state index in [2.05, 4.69) is 34.4 Å². The van der Waals surface area contributed by atoms with Gasteiger partial charge in [0.1, 0.15) is 0 Å². The van der Waals surface area contributed by atoms with E-state index in [4.69, 9.17) is 0 Å². The van der Waals surface area contributed by atoms with E-state index >= 15 is 0 Å². The van der Waals surface area contributed by atoms with Gasteiger partial charge in [-0.05, 0) is 38.1 Å². The number of carbonyl (C=O) groups is 1. The molecule has 2 heterocycles. The molecule has 1 amide bonds. The molecule has 1 aliphatic carbocycles. The molecule has 3 fully saturated rings. The van der Waals surface area contributed by atoms with Crippen LogP contribution in [0.15, 0.2) is 0 Å². The molecule has 3 rings (SSSR count). The SMILES string of the molecule is CC(CNC(=O)C1CC2CCCCC2N1)CN1CCN(C)CC1. The largest absolute Gasteiger partial charge is 0.354 e. The Labute approximate surface area is 141 Å². The highest BCUT2D eigenvalue weighted by molar-refractivity contribution is 5.82. The summed E-state index contributed by atoms with van der Waals surface area (Å²) in [5, 5.41) is 6.77. The van der Waals surface area contributed by atoms with Crippen molar-refractivity contribution in [2.75, 3.05) is 46.3 Å². The Kier molecular flexibility index (Phi) is 5.94. The number of carbonyl (C=O) groups excluding carboxylic acids is 1. The van der Waals surface area contributed by atoms with Gasteiger partial charge in [0, 0.05) is 45.3 Å². The molecule has 2 saturated heterocycles. The molecule has 0 aromatic carbocycles. The van der Waals surface area contributed by atoms with Crippen LogP contribution in [0.25, 0.3) is 0 Å². The molecular weight excluding hydrogens is 288 g/mol. The molecule has 5 nitrogen and oxygen atoms in total. The summed E-state index contributed by atoms with van der Waals surface area (Å²) in [5.41, 5.74) is 0. The number of nitrogens with one attached hydrogen (secondary N) is 2. The summed E-state index contributed by atoms with van der Waals surface area (Å²) in [5.74, 6) is 1.48. The van der Waals surface area contributed by atoms with E-state index < -0.39 is 0 Å². The van der Waals surface area contributed by atoms with Gasteiger partial charge >= 0.3 is 0 Å². The van der Waals surface area contributed by atoms with Crippen LogP contribution >= 0.6 is 0 Å². The summed E-state index contributed by atoms with van der Waals surface area (Å²) in [6.07, 6.45) is 6.28. The molecular formula is C18H34N4O. The second-order valence-corrected chi connectivity index (χ2v) is 8.06. The lowest BCUT2D eigenvalue weighted by atomic mass is 9.85. The van der Waals surface area contributed by atoms with Gasteiger partial charge in [-0.15, -0.1) is 0 Å². The topological polar surface area (TPSA) is 47.6 Å². The lowest BCUT2D eigenvalue weighted by molar-refractivity contribution is -0.123. The first-order valence-corrected chi connectivity index (χ1v) is 9.56. The van der Waals surface area contributed by atoms with E-state index in [1.165, 1.54) is 25.7 Å². The Balaban J connectivity index is 1.35. The highest BCUT2D eigenvalue weighted by atomic mass is 16.2. The van der Waals surface area contributed by atoms with Crippen LogP contribution in [0.3, 0.4) is 0 Å². The Morgan fingerprint density at radius 1 is 1.22 bits per heavy atom. The fourth-order valence-corrected chi connectivity index (χ4v) is 4.45. The normalized spacial score (nSPS) is 34.1. The van der Waals surface area contributed by atoms with Crippen molar-refractivity contribution in [2.45, 2.75) is 51.1 Å². The van der Waals surface area contributed by atoms with Gasteiger partial charge in [-0.3, -0.25) is 4.79 Å². The molecule has 0 radical (unpaired) electrons. The minimum atomic E-state index is 0.0546. The number of rotatable bonds is 5. The maximum Gasteiger partial charge on any atom is 0.237 e. The Hall–Kier alpha value is -0.650. The molecule has 4 atom stereocenters. The molecule has 5 heteroatoms. The van der Waals surface area contributed by atoms with Crippen LogP contribution in [0.5, 0.6) is 0 Å². The van der Waals surface area contributed by atoms with Crippen molar-refractivity contribution >= 4 is 5.91 Å². The monoisotopic (exact) mass is 322 g/mol. The second-order valence-electron chi connectivity index (χ2n) is 8.06. The Morgan fingerprint density at radius 2 is 1.96 bits per heavy atom. The summed E-state index contributed by atoms with van der Waals surface area (Å²) in [6, 6.07) is 0.654. The molecule has 2 N–H and O–H groups in total. The molecule has 0 aromatic heterocycles. The second kappa shape index (κ2) is 7.95. The van der Waals surface area contributed by atoms with Crippen molar-refractivity contribution in [3.8, 4) is 0 Å². The highest BCUT2D eigenvalue weighted by Crippen LogP contribution is 2.33. The minimum Gasteiger partial charge on any atom is -0.354 e. The van der Waals surface area contributed by atoms with E-state index in [1.807, 2.05) is 0 Å². The summed E-state index contributed by atoms with van der Waals surface area (Å²) in [7, 11) is 2.19. The van der Waals surface area contributed by atoms with Gasteiger partial charge in [0.2, 0.25) is 5.91 Å². The van der Waals surface area contributed by atoms with E-state index in [1.54, 1.807) is 0 Å². The predicted molar refractivity (Wildman–Crippen MR) is 93.4 cm³/mol. The van der Waals surface area contributed by atoms with Crippen LogP contribution < -0.4 is 10.6 Å².